The second-order valence-electron chi connectivity index (χ2n) is 20.5. The van der Waals surface area contributed by atoms with Gasteiger partial charge in [-0.1, -0.05) is 75.4 Å². The molecule has 15 nitrogen and oxygen atoms in total. The molecule has 1 fully saturated rings. The molecule has 0 bridgehead atoms. The average molecular weight is 1040 g/mol. The molecule has 5 N–H and O–H groups in total. The number of thiazole rings is 1. The molecule has 3 aromatic heterocycles. The van der Waals surface area contributed by atoms with Gasteiger partial charge in [0.2, 0.25) is 23.6 Å². The van der Waals surface area contributed by atoms with Gasteiger partial charge in [-0.15, -0.1) is 22.7 Å². The fourth-order valence-electron chi connectivity index (χ4n) is 9.82. The lowest BCUT2D eigenvalue weighted by molar-refractivity contribution is -0.144. The Morgan fingerprint density at radius 3 is 2.41 bits per heavy atom. The van der Waals surface area contributed by atoms with Crippen molar-refractivity contribution in [1.29, 1.82) is 0 Å². The van der Waals surface area contributed by atoms with Gasteiger partial charge in [-0.2, -0.15) is 0 Å². The Labute approximate surface area is 442 Å². The number of ether oxygens (including phenoxy) is 1. The number of anilines is 1. The smallest absolute Gasteiger partial charge is 0.246 e. The van der Waals surface area contributed by atoms with E-state index < -0.39 is 29.5 Å². The monoisotopic (exact) mass is 1040 g/mol. The molecule has 3 aromatic carbocycles. The van der Waals surface area contributed by atoms with Crippen LogP contribution in [0.3, 0.4) is 0 Å². The number of thiophene rings is 1. The number of aliphatic hydroxyl groups excluding tert-OH is 1. The standard InChI is InChI=1S/C57H69N9O6S2/c1-34(49-25-41(32-73-49)43-14-10-9-13-40(43)30-58-7)61-54-45-27-44(48(72-8)28-46(45)62-36(3)63-54)38-21-23-65(24-22-38)51(69)16-12-11-15-50(68)64-53(57(4,5)6)56(71)66-31-42(67)26-47(66)55(70)59-29-37-17-19-39(20-18-37)52-35(2)60-33-74-52/h9-10,13-14,17-21,25,27-28,32-34,42,47,53,58,67H,11-12,15-16,22-24,26,29-31H2,1-8H3,(H,59,70)(H,64,68)(H,61,62,63)/t34-,42-,47+,53-/m1/s1. The minimum absolute atomic E-state index is 0.00841. The number of carbonyl (C=O) groups is 4. The van der Waals surface area contributed by atoms with Crippen molar-refractivity contribution in [2.75, 3.05) is 39.1 Å². The first-order chi connectivity index (χ1) is 35.5. The van der Waals surface area contributed by atoms with Crippen molar-refractivity contribution in [3.8, 4) is 27.3 Å². The number of unbranched alkanes of at least 4 members (excludes halogenated alkanes) is 1. The van der Waals surface area contributed by atoms with Crippen LogP contribution in [0.4, 0.5) is 5.82 Å². The SMILES string of the molecule is CNCc1ccccc1-c1csc([C@@H](C)Nc2nc(C)nc3cc(OC)c(C4=CCN(C(=O)CCCCC(=O)N[C@H](C(=O)N5C[C@H](O)C[C@H]5C(=O)NCc5ccc(-c6scnc6C)cc5)C(C)(C)C)CC4)cc23)c1. The summed E-state index contributed by atoms with van der Waals surface area (Å²) in [6.07, 6.45) is 3.33. The highest BCUT2D eigenvalue weighted by Gasteiger charge is 2.44. The molecular formula is C57H69N9O6S2. The lowest BCUT2D eigenvalue weighted by Gasteiger charge is -2.35. The number of rotatable bonds is 19. The third-order valence-electron chi connectivity index (χ3n) is 13.9. The van der Waals surface area contributed by atoms with Crippen LogP contribution in [-0.2, 0) is 32.3 Å². The Kier molecular flexibility index (Phi) is 17.3. The Morgan fingerprint density at radius 2 is 1.70 bits per heavy atom. The van der Waals surface area contributed by atoms with Gasteiger partial charge >= 0.3 is 0 Å². The van der Waals surface area contributed by atoms with E-state index in [1.54, 1.807) is 29.8 Å². The van der Waals surface area contributed by atoms with Gasteiger partial charge < -0.3 is 40.9 Å². The largest absolute Gasteiger partial charge is 0.496 e. The molecule has 4 amide bonds. The van der Waals surface area contributed by atoms with Gasteiger partial charge in [-0.25, -0.2) is 15.0 Å². The van der Waals surface area contributed by atoms with Crippen LogP contribution in [0.1, 0.15) is 105 Å². The number of amides is 4. The zero-order valence-corrected chi connectivity index (χ0v) is 45.3. The molecule has 0 unspecified atom stereocenters. The molecule has 17 heteroatoms. The van der Waals surface area contributed by atoms with Gasteiger partial charge in [0.25, 0.3) is 0 Å². The number of β-amino-alcohol motifs (C(OH)–C–C–N with tert-alkyl or cyclic N) is 1. The lowest BCUT2D eigenvalue weighted by atomic mass is 9.85. The topological polar surface area (TPSA) is 191 Å². The summed E-state index contributed by atoms with van der Waals surface area (Å²) in [7, 11) is 3.62. The third-order valence-corrected chi connectivity index (χ3v) is 16.0. The maximum absolute atomic E-state index is 14.2. The maximum Gasteiger partial charge on any atom is 0.246 e. The first kappa shape index (κ1) is 53.8. The molecule has 2 aliphatic heterocycles. The third kappa shape index (κ3) is 12.7. The van der Waals surface area contributed by atoms with Gasteiger partial charge in [0.05, 0.1) is 40.9 Å². The van der Waals surface area contributed by atoms with E-state index in [4.69, 9.17) is 14.7 Å². The minimum atomic E-state index is -0.934. The molecule has 0 saturated carbocycles. The van der Waals surface area contributed by atoms with Crippen molar-refractivity contribution in [3.05, 3.63) is 117 Å². The van der Waals surface area contributed by atoms with E-state index in [2.05, 4.69) is 81.0 Å². The van der Waals surface area contributed by atoms with Crippen LogP contribution in [-0.4, -0.2) is 105 Å². The molecule has 6 aromatic rings. The quantitative estimate of drug-likeness (QED) is 0.0487. The summed E-state index contributed by atoms with van der Waals surface area (Å²) in [6, 6.07) is 20.8. The number of nitrogens with zero attached hydrogens (tertiary/aromatic N) is 5. The number of carbonyl (C=O) groups excluding carboxylic acids is 4. The highest BCUT2D eigenvalue weighted by Crippen LogP contribution is 2.38. The fraction of sp³-hybridized carbons (Fsp3) is 0.421. The van der Waals surface area contributed by atoms with Gasteiger partial charge in [0.1, 0.15) is 29.5 Å². The van der Waals surface area contributed by atoms with E-state index in [1.807, 2.05) is 82.4 Å². The molecule has 1 saturated heterocycles. The number of benzene rings is 3. The number of hydrogen-bond acceptors (Lipinski definition) is 13. The zero-order valence-electron chi connectivity index (χ0n) is 43.7. The molecule has 5 heterocycles. The Morgan fingerprint density at radius 1 is 0.932 bits per heavy atom. The van der Waals surface area contributed by atoms with Crippen molar-refractivity contribution >= 4 is 68.6 Å². The second-order valence-corrected chi connectivity index (χ2v) is 22.2. The van der Waals surface area contributed by atoms with E-state index in [9.17, 15) is 24.3 Å². The summed E-state index contributed by atoms with van der Waals surface area (Å²) in [4.78, 5) is 74.1. The van der Waals surface area contributed by atoms with E-state index in [0.717, 1.165) is 56.1 Å². The highest BCUT2D eigenvalue weighted by molar-refractivity contribution is 7.13. The number of fused-ring (bicyclic) bond motifs is 1. The van der Waals surface area contributed by atoms with Crippen LogP contribution in [0.5, 0.6) is 5.75 Å². The van der Waals surface area contributed by atoms with E-state index in [1.165, 1.54) is 26.5 Å². The minimum Gasteiger partial charge on any atom is -0.496 e. The van der Waals surface area contributed by atoms with Crippen molar-refractivity contribution in [1.82, 2.24) is 40.7 Å². The number of methoxy groups -OCH3 is 1. The number of hydrogen-bond donors (Lipinski definition) is 5. The van der Waals surface area contributed by atoms with Gasteiger partial charge in [-0.3, -0.25) is 19.2 Å². The van der Waals surface area contributed by atoms with Crippen molar-refractivity contribution in [3.63, 3.8) is 0 Å². The molecule has 0 spiro atoms. The summed E-state index contributed by atoms with van der Waals surface area (Å²) in [6.45, 7) is 13.6. The maximum atomic E-state index is 14.2. The Bertz CT molecular complexity index is 3020. The predicted molar refractivity (Wildman–Crippen MR) is 295 cm³/mol. The average Bonchev–Trinajstić information content (AvgIpc) is 4.16. The summed E-state index contributed by atoms with van der Waals surface area (Å²) < 4.78 is 5.92. The van der Waals surface area contributed by atoms with Crippen LogP contribution in [0.15, 0.2) is 83.7 Å². The van der Waals surface area contributed by atoms with E-state index in [0.29, 0.717) is 43.9 Å². The molecule has 2 aliphatic rings. The first-order valence-corrected chi connectivity index (χ1v) is 27.2. The van der Waals surface area contributed by atoms with Gasteiger partial charge in [0.15, 0.2) is 0 Å². The first-order valence-electron chi connectivity index (χ1n) is 25.5. The normalized spacial score (nSPS) is 16.7. The summed E-state index contributed by atoms with van der Waals surface area (Å²) >= 11 is 3.30. The number of nitrogens with one attached hydrogen (secondary N) is 4. The molecular weight excluding hydrogens is 971 g/mol. The molecule has 0 radical (unpaired) electrons. The summed E-state index contributed by atoms with van der Waals surface area (Å²) in [5.41, 5.74) is 10.5. The van der Waals surface area contributed by atoms with Crippen LogP contribution in [0.2, 0.25) is 0 Å². The number of aryl methyl sites for hydroxylation is 2. The predicted octanol–water partition coefficient (Wildman–Crippen LogP) is 8.98. The summed E-state index contributed by atoms with van der Waals surface area (Å²) in [5, 5.41) is 26.6. The van der Waals surface area contributed by atoms with E-state index >= 15 is 0 Å². The molecule has 4 atom stereocenters. The summed E-state index contributed by atoms with van der Waals surface area (Å²) in [5.74, 6) is 1.03. The second kappa shape index (κ2) is 23.8. The van der Waals surface area contributed by atoms with Crippen LogP contribution in [0, 0.1) is 19.3 Å². The lowest BCUT2D eigenvalue weighted by Crippen LogP contribution is -2.57. The van der Waals surface area contributed by atoms with Crippen LogP contribution < -0.4 is 26.0 Å². The zero-order chi connectivity index (χ0) is 52.7. The number of aliphatic hydroxyl groups is 1. The number of aromatic nitrogens is 3. The van der Waals surface area contributed by atoms with Gasteiger partial charge in [0, 0.05) is 73.9 Å². The Balaban J connectivity index is 0.833. The van der Waals surface area contributed by atoms with Crippen LogP contribution >= 0.6 is 22.7 Å². The van der Waals surface area contributed by atoms with Crippen molar-refractivity contribution in [2.24, 2.45) is 5.41 Å². The molecule has 8 rings (SSSR count). The van der Waals surface area contributed by atoms with Gasteiger partial charge in [-0.05, 0) is 103 Å². The fourth-order valence-corrected chi connectivity index (χ4v) is 11.5. The van der Waals surface area contributed by atoms with Crippen molar-refractivity contribution in [2.45, 2.75) is 117 Å². The van der Waals surface area contributed by atoms with Crippen LogP contribution in [0.25, 0.3) is 38.0 Å². The number of likely N-dealkylation sites (tertiary alicyclic amines) is 1. The molecule has 0 aliphatic carbocycles. The van der Waals surface area contributed by atoms with E-state index in [-0.39, 0.29) is 56.1 Å². The molecule has 74 heavy (non-hydrogen) atoms. The Hall–Kier alpha value is -6.53. The molecule has 390 valence electrons. The highest BCUT2D eigenvalue weighted by atomic mass is 32.1. The van der Waals surface area contributed by atoms with Crippen molar-refractivity contribution < 1.29 is 29.0 Å².